The van der Waals surface area contributed by atoms with Crippen molar-refractivity contribution in [1.29, 1.82) is 0 Å². The maximum absolute atomic E-state index is 11.6. The molecule has 3 nitrogen and oxygen atoms in total. The topological polar surface area (TPSA) is 54.4 Å². The van der Waals surface area contributed by atoms with E-state index in [2.05, 4.69) is 6.92 Å². The lowest BCUT2D eigenvalue weighted by Gasteiger charge is -2.11. The lowest BCUT2D eigenvalue weighted by Crippen LogP contribution is -2.04. The highest BCUT2D eigenvalue weighted by Crippen LogP contribution is 2.27. The number of benzene rings is 2. The largest absolute Gasteiger partial charge is 0.294 e. The van der Waals surface area contributed by atoms with Crippen molar-refractivity contribution in [2.24, 2.45) is 0 Å². The highest BCUT2D eigenvalue weighted by atomic mass is 32.2. The van der Waals surface area contributed by atoms with Gasteiger partial charge in [0.25, 0.3) is 10.1 Å². The molecule has 4 heteroatoms. The van der Waals surface area contributed by atoms with Crippen LogP contribution in [-0.4, -0.2) is 13.0 Å². The van der Waals surface area contributed by atoms with Gasteiger partial charge >= 0.3 is 0 Å². The first kappa shape index (κ1) is 16.0. The Bertz CT molecular complexity index is 705. The zero-order valence-electron chi connectivity index (χ0n) is 12.4. The third kappa shape index (κ3) is 4.05. The standard InChI is InChI=1S/C17H22O3S/c1-2-3-4-5-6-11-16-15-10-8-7-9-14(15)12-13-17(16)21(18,19)20/h7-10,12-13H,2-6,11H2,1H3,(H,18,19,20). The Balaban J connectivity index is 2.33. The van der Waals surface area contributed by atoms with Crippen molar-refractivity contribution >= 4 is 20.9 Å². The zero-order chi connectivity index (χ0) is 15.3. The van der Waals surface area contributed by atoms with Gasteiger partial charge in [0.1, 0.15) is 0 Å². The SMILES string of the molecule is CCCCCCCc1c(S(=O)(=O)O)ccc2ccccc12. The van der Waals surface area contributed by atoms with Crippen LogP contribution in [0, 0.1) is 0 Å². The molecule has 0 saturated heterocycles. The Morgan fingerprint density at radius 3 is 2.38 bits per heavy atom. The van der Waals surface area contributed by atoms with Gasteiger partial charge in [0.05, 0.1) is 4.90 Å². The summed E-state index contributed by atoms with van der Waals surface area (Å²) in [4.78, 5) is 0.0525. The molecule has 0 radical (unpaired) electrons. The third-order valence-electron chi connectivity index (χ3n) is 3.81. The van der Waals surface area contributed by atoms with Crippen molar-refractivity contribution in [2.75, 3.05) is 0 Å². The maximum Gasteiger partial charge on any atom is 0.294 e. The van der Waals surface area contributed by atoms with E-state index < -0.39 is 10.1 Å². The summed E-state index contributed by atoms with van der Waals surface area (Å²) in [5.41, 5.74) is 0.743. The van der Waals surface area contributed by atoms with Crippen LogP contribution in [0.25, 0.3) is 10.8 Å². The summed E-state index contributed by atoms with van der Waals surface area (Å²) in [5, 5.41) is 1.93. The van der Waals surface area contributed by atoms with Gasteiger partial charge in [-0.2, -0.15) is 8.42 Å². The van der Waals surface area contributed by atoms with Crippen molar-refractivity contribution in [1.82, 2.24) is 0 Å². The van der Waals surface area contributed by atoms with E-state index in [4.69, 9.17) is 0 Å². The molecule has 2 rings (SSSR count). The normalized spacial score (nSPS) is 11.9. The number of hydrogen-bond acceptors (Lipinski definition) is 2. The maximum atomic E-state index is 11.6. The molecule has 0 aliphatic rings. The van der Waals surface area contributed by atoms with Gasteiger partial charge < -0.3 is 0 Å². The van der Waals surface area contributed by atoms with Gasteiger partial charge in [-0.15, -0.1) is 0 Å². The summed E-state index contributed by atoms with van der Waals surface area (Å²) in [7, 11) is -4.17. The van der Waals surface area contributed by atoms with Crippen molar-refractivity contribution < 1.29 is 13.0 Å². The molecule has 0 aromatic heterocycles. The van der Waals surface area contributed by atoms with Crippen LogP contribution in [0.5, 0.6) is 0 Å². The minimum absolute atomic E-state index is 0.0525. The fourth-order valence-corrected chi connectivity index (χ4v) is 3.48. The average Bonchev–Trinajstić information content (AvgIpc) is 2.45. The minimum atomic E-state index is -4.17. The summed E-state index contributed by atoms with van der Waals surface area (Å²) in [6, 6.07) is 11.0. The molecule has 0 atom stereocenters. The van der Waals surface area contributed by atoms with E-state index in [1.165, 1.54) is 25.3 Å². The Labute approximate surface area is 126 Å². The van der Waals surface area contributed by atoms with Crippen molar-refractivity contribution in [3.05, 3.63) is 42.0 Å². The van der Waals surface area contributed by atoms with E-state index in [-0.39, 0.29) is 4.90 Å². The molecule has 21 heavy (non-hydrogen) atoms. The Hall–Kier alpha value is -1.39. The molecule has 0 heterocycles. The zero-order valence-corrected chi connectivity index (χ0v) is 13.2. The van der Waals surface area contributed by atoms with Gasteiger partial charge in [-0.1, -0.05) is 62.9 Å². The molecule has 0 bridgehead atoms. The van der Waals surface area contributed by atoms with E-state index >= 15 is 0 Å². The van der Waals surface area contributed by atoms with E-state index in [1.807, 2.05) is 24.3 Å². The van der Waals surface area contributed by atoms with E-state index in [1.54, 1.807) is 6.07 Å². The fourth-order valence-electron chi connectivity index (χ4n) is 2.72. The second-order valence-electron chi connectivity index (χ2n) is 5.40. The van der Waals surface area contributed by atoms with Crippen LogP contribution in [0.3, 0.4) is 0 Å². The summed E-state index contributed by atoms with van der Waals surface area (Å²) < 4.78 is 32.6. The molecular formula is C17H22O3S. The summed E-state index contributed by atoms with van der Waals surface area (Å²) in [5.74, 6) is 0. The molecule has 0 fully saturated rings. The Morgan fingerprint density at radius 1 is 0.952 bits per heavy atom. The van der Waals surface area contributed by atoms with Gasteiger partial charge in [-0.05, 0) is 35.2 Å². The van der Waals surface area contributed by atoms with Crippen LogP contribution < -0.4 is 0 Å². The first-order valence-electron chi connectivity index (χ1n) is 7.52. The van der Waals surface area contributed by atoms with Crippen LogP contribution in [0.1, 0.15) is 44.6 Å². The number of rotatable bonds is 7. The summed E-state index contributed by atoms with van der Waals surface area (Å²) >= 11 is 0. The molecule has 2 aromatic carbocycles. The first-order valence-corrected chi connectivity index (χ1v) is 8.96. The highest BCUT2D eigenvalue weighted by molar-refractivity contribution is 7.85. The number of aryl methyl sites for hydroxylation is 1. The summed E-state index contributed by atoms with van der Waals surface area (Å²) in [6.07, 6.45) is 6.27. The lowest BCUT2D eigenvalue weighted by molar-refractivity contribution is 0.482. The van der Waals surface area contributed by atoms with E-state index in [9.17, 15) is 13.0 Å². The van der Waals surface area contributed by atoms with Gasteiger partial charge in [0.2, 0.25) is 0 Å². The Morgan fingerprint density at radius 2 is 1.67 bits per heavy atom. The van der Waals surface area contributed by atoms with E-state index in [0.29, 0.717) is 6.42 Å². The highest BCUT2D eigenvalue weighted by Gasteiger charge is 2.17. The van der Waals surface area contributed by atoms with Crippen LogP contribution in [0.4, 0.5) is 0 Å². The molecule has 1 N–H and O–H groups in total. The predicted molar refractivity (Wildman–Crippen MR) is 86.2 cm³/mol. The number of hydrogen-bond donors (Lipinski definition) is 1. The smallest absolute Gasteiger partial charge is 0.282 e. The molecular weight excluding hydrogens is 284 g/mol. The van der Waals surface area contributed by atoms with Gasteiger partial charge in [0.15, 0.2) is 0 Å². The van der Waals surface area contributed by atoms with Crippen LogP contribution in [-0.2, 0) is 16.5 Å². The minimum Gasteiger partial charge on any atom is -0.282 e. The number of fused-ring (bicyclic) bond motifs is 1. The quantitative estimate of drug-likeness (QED) is 0.601. The number of unbranched alkanes of at least 4 members (excludes halogenated alkanes) is 4. The molecule has 0 spiro atoms. The van der Waals surface area contributed by atoms with Crippen LogP contribution in [0.15, 0.2) is 41.3 Å². The molecule has 2 aromatic rings. The molecule has 0 saturated carbocycles. The fraction of sp³-hybridized carbons (Fsp3) is 0.412. The average molecular weight is 306 g/mol. The molecule has 0 aliphatic carbocycles. The van der Waals surface area contributed by atoms with Gasteiger partial charge in [0, 0.05) is 0 Å². The van der Waals surface area contributed by atoms with Crippen LogP contribution in [0.2, 0.25) is 0 Å². The molecule has 114 valence electrons. The summed E-state index contributed by atoms with van der Waals surface area (Å²) in [6.45, 7) is 2.17. The lowest BCUT2D eigenvalue weighted by atomic mass is 9.99. The Kier molecular flexibility index (Phi) is 5.37. The van der Waals surface area contributed by atoms with Crippen molar-refractivity contribution in [3.63, 3.8) is 0 Å². The van der Waals surface area contributed by atoms with E-state index in [0.717, 1.165) is 29.2 Å². The van der Waals surface area contributed by atoms with Crippen LogP contribution >= 0.6 is 0 Å². The molecule has 0 unspecified atom stereocenters. The van der Waals surface area contributed by atoms with Gasteiger partial charge in [-0.3, -0.25) is 4.55 Å². The molecule has 0 amide bonds. The van der Waals surface area contributed by atoms with Gasteiger partial charge in [-0.25, -0.2) is 0 Å². The molecule has 0 aliphatic heterocycles. The van der Waals surface area contributed by atoms with Crippen molar-refractivity contribution in [3.8, 4) is 0 Å². The second-order valence-corrected chi connectivity index (χ2v) is 6.79. The van der Waals surface area contributed by atoms with Crippen molar-refractivity contribution in [2.45, 2.75) is 50.3 Å². The monoisotopic (exact) mass is 306 g/mol. The predicted octanol–water partition coefficient (Wildman–Crippen LogP) is 4.60. The first-order chi connectivity index (χ1) is 10.0. The second kappa shape index (κ2) is 7.05. The third-order valence-corrected chi connectivity index (χ3v) is 4.74.